The molecule has 0 aliphatic heterocycles. The number of hydrogen-bond donors (Lipinski definition) is 2. The largest absolute Gasteiger partial charge is 0.368 e. The monoisotopic (exact) mass is 340 g/mol. The molecule has 8 heteroatoms. The molecule has 0 spiro atoms. The Labute approximate surface area is 135 Å². The number of hydrogen-bond acceptors (Lipinski definition) is 5. The molecule has 2 rings (SSSR count). The molecular formula is C14H17ClN4O2S. The van der Waals surface area contributed by atoms with Crippen LogP contribution in [0, 0.1) is 5.92 Å². The summed E-state index contributed by atoms with van der Waals surface area (Å²) in [5.41, 5.74) is 0. The normalized spacial score (nSPS) is 11.5. The van der Waals surface area contributed by atoms with E-state index in [1.165, 1.54) is 24.3 Å². The maximum Gasteiger partial charge on any atom is 0.263 e. The summed E-state index contributed by atoms with van der Waals surface area (Å²) in [5, 5.41) is 11.4. The molecule has 0 aliphatic carbocycles. The quantitative estimate of drug-likeness (QED) is 0.844. The van der Waals surface area contributed by atoms with Crippen LogP contribution in [-0.4, -0.2) is 25.2 Å². The van der Waals surface area contributed by atoms with Gasteiger partial charge >= 0.3 is 0 Å². The maximum atomic E-state index is 12.2. The van der Waals surface area contributed by atoms with E-state index in [-0.39, 0.29) is 10.7 Å². The van der Waals surface area contributed by atoms with E-state index in [0.29, 0.717) is 16.8 Å². The molecule has 0 saturated heterocycles. The van der Waals surface area contributed by atoms with Crippen LogP contribution in [0.5, 0.6) is 0 Å². The van der Waals surface area contributed by atoms with Crippen LogP contribution in [0.2, 0.25) is 5.02 Å². The topological polar surface area (TPSA) is 84.0 Å². The highest BCUT2D eigenvalue weighted by molar-refractivity contribution is 7.92. The Morgan fingerprint density at radius 1 is 1.05 bits per heavy atom. The van der Waals surface area contributed by atoms with Crippen molar-refractivity contribution in [3.05, 3.63) is 41.4 Å². The Bertz CT molecular complexity index is 716. The van der Waals surface area contributed by atoms with E-state index in [4.69, 9.17) is 11.6 Å². The second-order valence-electron chi connectivity index (χ2n) is 5.14. The molecule has 118 valence electrons. The highest BCUT2D eigenvalue weighted by atomic mass is 35.5. The Hall–Kier alpha value is -1.86. The minimum atomic E-state index is -3.70. The second-order valence-corrected chi connectivity index (χ2v) is 7.26. The number of benzene rings is 1. The van der Waals surface area contributed by atoms with Gasteiger partial charge in [0.1, 0.15) is 5.82 Å². The van der Waals surface area contributed by atoms with E-state index in [0.717, 1.165) is 6.54 Å². The number of anilines is 2. The Balaban J connectivity index is 2.08. The zero-order valence-electron chi connectivity index (χ0n) is 12.2. The van der Waals surface area contributed by atoms with Gasteiger partial charge in [-0.25, -0.2) is 8.42 Å². The first-order chi connectivity index (χ1) is 10.4. The molecule has 22 heavy (non-hydrogen) atoms. The number of aromatic nitrogens is 2. The molecule has 1 aromatic heterocycles. The van der Waals surface area contributed by atoms with Gasteiger partial charge in [-0.15, -0.1) is 10.2 Å². The molecule has 0 aliphatic rings. The summed E-state index contributed by atoms with van der Waals surface area (Å²) >= 11 is 5.75. The van der Waals surface area contributed by atoms with Gasteiger partial charge in [-0.2, -0.15) is 0 Å². The molecule has 2 N–H and O–H groups in total. The van der Waals surface area contributed by atoms with Crippen molar-refractivity contribution in [1.82, 2.24) is 10.2 Å². The van der Waals surface area contributed by atoms with Crippen LogP contribution in [0.1, 0.15) is 13.8 Å². The fourth-order valence-electron chi connectivity index (χ4n) is 1.60. The SMILES string of the molecule is CC(C)CNc1ccc(NS(=O)(=O)c2ccc(Cl)cc2)nn1. The fourth-order valence-corrected chi connectivity index (χ4v) is 2.72. The molecule has 0 bridgehead atoms. The van der Waals surface area contributed by atoms with E-state index in [1.54, 1.807) is 12.1 Å². The van der Waals surface area contributed by atoms with Crippen LogP contribution < -0.4 is 10.0 Å². The summed E-state index contributed by atoms with van der Waals surface area (Å²) in [6, 6.07) is 9.12. The molecular weight excluding hydrogens is 324 g/mol. The summed E-state index contributed by atoms with van der Waals surface area (Å²) in [7, 11) is -3.70. The van der Waals surface area contributed by atoms with Crippen molar-refractivity contribution in [2.45, 2.75) is 18.7 Å². The average molecular weight is 341 g/mol. The zero-order valence-corrected chi connectivity index (χ0v) is 13.8. The van der Waals surface area contributed by atoms with Gasteiger partial charge in [0.25, 0.3) is 10.0 Å². The molecule has 2 aromatic rings. The summed E-state index contributed by atoms with van der Waals surface area (Å²) in [6.45, 7) is 4.93. The third-order valence-electron chi connectivity index (χ3n) is 2.72. The fraction of sp³-hybridized carbons (Fsp3) is 0.286. The molecule has 0 saturated carbocycles. The van der Waals surface area contributed by atoms with Gasteiger partial charge in [-0.05, 0) is 42.3 Å². The van der Waals surface area contributed by atoms with Gasteiger partial charge in [0, 0.05) is 11.6 Å². The smallest absolute Gasteiger partial charge is 0.263 e. The van der Waals surface area contributed by atoms with Gasteiger partial charge in [0.2, 0.25) is 0 Å². The summed E-state index contributed by atoms with van der Waals surface area (Å²) in [6.07, 6.45) is 0. The molecule has 0 unspecified atom stereocenters. The highest BCUT2D eigenvalue weighted by Crippen LogP contribution is 2.17. The number of nitrogens with zero attached hydrogens (tertiary/aromatic N) is 2. The predicted molar refractivity (Wildman–Crippen MR) is 87.6 cm³/mol. The van der Waals surface area contributed by atoms with Crippen LogP contribution >= 0.6 is 11.6 Å². The minimum Gasteiger partial charge on any atom is -0.368 e. The van der Waals surface area contributed by atoms with Crippen molar-refractivity contribution in [3.8, 4) is 0 Å². The zero-order chi connectivity index (χ0) is 16.2. The first-order valence-corrected chi connectivity index (χ1v) is 8.59. The minimum absolute atomic E-state index is 0.112. The van der Waals surface area contributed by atoms with Crippen molar-refractivity contribution >= 4 is 33.3 Å². The second kappa shape index (κ2) is 6.93. The predicted octanol–water partition coefficient (Wildman–Crippen LogP) is 3.00. The average Bonchev–Trinajstić information content (AvgIpc) is 2.46. The van der Waals surface area contributed by atoms with Gasteiger partial charge in [-0.1, -0.05) is 25.4 Å². The van der Waals surface area contributed by atoms with E-state index < -0.39 is 10.0 Å². The first kappa shape index (κ1) is 16.5. The first-order valence-electron chi connectivity index (χ1n) is 6.73. The molecule has 0 atom stereocenters. The van der Waals surface area contributed by atoms with Crippen molar-refractivity contribution in [2.75, 3.05) is 16.6 Å². The van der Waals surface area contributed by atoms with Crippen LogP contribution in [-0.2, 0) is 10.0 Å². The maximum absolute atomic E-state index is 12.2. The van der Waals surface area contributed by atoms with Gasteiger partial charge in [0.05, 0.1) is 4.90 Å². The van der Waals surface area contributed by atoms with E-state index in [1.807, 2.05) is 0 Å². The van der Waals surface area contributed by atoms with E-state index >= 15 is 0 Å². The van der Waals surface area contributed by atoms with Gasteiger partial charge in [0.15, 0.2) is 5.82 Å². The number of nitrogens with one attached hydrogen (secondary N) is 2. The van der Waals surface area contributed by atoms with Crippen LogP contribution in [0.4, 0.5) is 11.6 Å². The summed E-state index contributed by atoms with van der Waals surface area (Å²) in [5.74, 6) is 1.23. The van der Waals surface area contributed by atoms with Gasteiger partial charge < -0.3 is 5.32 Å². The highest BCUT2D eigenvalue weighted by Gasteiger charge is 2.14. The molecule has 0 radical (unpaired) electrons. The Morgan fingerprint density at radius 3 is 2.18 bits per heavy atom. The number of sulfonamides is 1. The Morgan fingerprint density at radius 2 is 1.64 bits per heavy atom. The molecule has 0 fully saturated rings. The molecule has 1 heterocycles. The third kappa shape index (κ3) is 4.57. The standard InChI is InChI=1S/C14H17ClN4O2S/c1-10(2)9-16-13-7-8-14(18-17-13)19-22(20,21)12-5-3-11(15)4-6-12/h3-8,10H,9H2,1-2H3,(H,16,17)(H,18,19). The summed E-state index contributed by atoms with van der Waals surface area (Å²) < 4.78 is 26.7. The number of rotatable bonds is 6. The summed E-state index contributed by atoms with van der Waals surface area (Å²) in [4.78, 5) is 0.112. The lowest BCUT2D eigenvalue weighted by atomic mass is 10.2. The van der Waals surface area contributed by atoms with Crippen LogP contribution in [0.25, 0.3) is 0 Å². The molecule has 1 aromatic carbocycles. The number of halogens is 1. The van der Waals surface area contributed by atoms with Crippen molar-refractivity contribution in [3.63, 3.8) is 0 Å². The lowest BCUT2D eigenvalue weighted by Crippen LogP contribution is -2.15. The lowest BCUT2D eigenvalue weighted by Gasteiger charge is -2.09. The van der Waals surface area contributed by atoms with E-state index in [9.17, 15) is 8.42 Å². The third-order valence-corrected chi connectivity index (χ3v) is 4.34. The van der Waals surface area contributed by atoms with Crippen molar-refractivity contribution in [2.24, 2.45) is 5.92 Å². The van der Waals surface area contributed by atoms with Gasteiger partial charge in [-0.3, -0.25) is 4.72 Å². The Kier molecular flexibility index (Phi) is 5.20. The van der Waals surface area contributed by atoms with E-state index in [2.05, 4.69) is 34.1 Å². The molecule has 6 nitrogen and oxygen atoms in total. The van der Waals surface area contributed by atoms with Crippen molar-refractivity contribution < 1.29 is 8.42 Å². The van der Waals surface area contributed by atoms with Crippen LogP contribution in [0.3, 0.4) is 0 Å². The van der Waals surface area contributed by atoms with Crippen LogP contribution in [0.15, 0.2) is 41.3 Å². The van der Waals surface area contributed by atoms with Crippen molar-refractivity contribution in [1.29, 1.82) is 0 Å². The lowest BCUT2D eigenvalue weighted by molar-refractivity contribution is 0.601. The molecule has 0 amide bonds.